The third-order valence-electron chi connectivity index (χ3n) is 8.33. The maximum atomic E-state index is 10.1. The third kappa shape index (κ3) is 5.96. The Morgan fingerprint density at radius 1 is 1.14 bits per heavy atom. The van der Waals surface area contributed by atoms with Gasteiger partial charge in [-0.2, -0.15) is 0 Å². The van der Waals surface area contributed by atoms with Crippen molar-refractivity contribution >= 4 is 8.32 Å². The summed E-state index contributed by atoms with van der Waals surface area (Å²) in [6.07, 6.45) is 11.3. The van der Waals surface area contributed by atoms with Gasteiger partial charge in [-0.3, -0.25) is 0 Å². The van der Waals surface area contributed by atoms with Crippen molar-refractivity contribution in [3.8, 4) is 0 Å². The molecule has 2 rings (SSSR count). The zero-order valence-corrected chi connectivity index (χ0v) is 21.5. The van der Waals surface area contributed by atoms with Gasteiger partial charge < -0.3 is 14.6 Å². The molecule has 2 saturated carbocycles. The molecule has 170 valence electrons. The van der Waals surface area contributed by atoms with Crippen molar-refractivity contribution in [3.05, 3.63) is 11.6 Å². The molecule has 2 unspecified atom stereocenters. The van der Waals surface area contributed by atoms with E-state index in [0.29, 0.717) is 17.9 Å². The molecule has 2 N–H and O–H groups in total. The summed E-state index contributed by atoms with van der Waals surface area (Å²) in [5, 5.41) is 20.1. The van der Waals surface area contributed by atoms with Crippen LogP contribution in [0.15, 0.2) is 11.6 Å². The van der Waals surface area contributed by atoms with Gasteiger partial charge >= 0.3 is 0 Å². The molecule has 0 heterocycles. The first kappa shape index (κ1) is 25.1. The predicted octanol–water partition coefficient (Wildman–Crippen LogP) is 6.45. The molecule has 2 aliphatic rings. The van der Waals surface area contributed by atoms with Gasteiger partial charge in [0.25, 0.3) is 0 Å². The van der Waals surface area contributed by atoms with E-state index >= 15 is 0 Å². The van der Waals surface area contributed by atoms with Crippen molar-refractivity contribution < 1.29 is 14.6 Å². The standard InChI is InChI=1S/C25H48O3Si/c1-23(2,3)29(7,8)28-22-12-10-17-25(6)20(13-14-21(22)25)19(15-18-26)11-9-16-24(4,5)27/h11,20-22,26-27H,9-10,12-18H2,1-8H3/b19-11-/t20?,21?,22-,25+/m0/s1. The average molecular weight is 425 g/mol. The van der Waals surface area contributed by atoms with Gasteiger partial charge in [-0.05, 0) is 94.2 Å². The number of rotatable bonds is 8. The summed E-state index contributed by atoms with van der Waals surface area (Å²) in [7, 11) is -1.77. The number of fused-ring (bicyclic) bond motifs is 1. The van der Waals surface area contributed by atoms with Crippen LogP contribution in [0.25, 0.3) is 0 Å². The normalized spacial score (nSPS) is 31.8. The molecule has 0 bridgehead atoms. The van der Waals surface area contributed by atoms with Gasteiger partial charge in [0.1, 0.15) is 0 Å². The van der Waals surface area contributed by atoms with Crippen molar-refractivity contribution in [2.45, 2.75) is 123 Å². The van der Waals surface area contributed by atoms with E-state index in [9.17, 15) is 10.2 Å². The van der Waals surface area contributed by atoms with Crippen LogP contribution < -0.4 is 0 Å². The lowest BCUT2D eigenvalue weighted by atomic mass is 9.62. The Labute approximate surface area is 181 Å². The van der Waals surface area contributed by atoms with Crippen molar-refractivity contribution in [3.63, 3.8) is 0 Å². The third-order valence-corrected chi connectivity index (χ3v) is 12.8. The molecule has 0 saturated heterocycles. The highest BCUT2D eigenvalue weighted by Crippen LogP contribution is 2.59. The van der Waals surface area contributed by atoms with Crippen LogP contribution in [0.3, 0.4) is 0 Å². The monoisotopic (exact) mass is 424 g/mol. The predicted molar refractivity (Wildman–Crippen MR) is 126 cm³/mol. The van der Waals surface area contributed by atoms with Gasteiger partial charge in [-0.15, -0.1) is 0 Å². The lowest BCUT2D eigenvalue weighted by Gasteiger charge is -2.49. The fourth-order valence-electron chi connectivity index (χ4n) is 5.58. The first-order chi connectivity index (χ1) is 13.2. The molecular formula is C25H48O3Si. The van der Waals surface area contributed by atoms with Crippen molar-refractivity contribution in [1.82, 2.24) is 0 Å². The van der Waals surface area contributed by atoms with Crippen molar-refractivity contribution in [2.24, 2.45) is 17.3 Å². The zero-order chi connectivity index (χ0) is 22.1. The molecule has 29 heavy (non-hydrogen) atoms. The smallest absolute Gasteiger partial charge is 0.192 e. The summed E-state index contributed by atoms with van der Waals surface area (Å²) in [5.41, 5.74) is 1.08. The van der Waals surface area contributed by atoms with Crippen LogP contribution in [-0.4, -0.2) is 36.8 Å². The lowest BCUT2D eigenvalue weighted by Crippen LogP contribution is -2.50. The fraction of sp³-hybridized carbons (Fsp3) is 0.920. The number of hydrogen-bond donors (Lipinski definition) is 2. The number of aliphatic hydroxyl groups excluding tert-OH is 1. The summed E-state index contributed by atoms with van der Waals surface area (Å²) in [4.78, 5) is 0. The van der Waals surface area contributed by atoms with Crippen LogP contribution in [-0.2, 0) is 4.43 Å². The van der Waals surface area contributed by atoms with Gasteiger partial charge in [-0.1, -0.05) is 45.8 Å². The minimum Gasteiger partial charge on any atom is -0.414 e. The molecule has 0 aromatic carbocycles. The van der Waals surface area contributed by atoms with Gasteiger partial charge in [0.2, 0.25) is 0 Å². The van der Waals surface area contributed by atoms with Crippen molar-refractivity contribution in [1.29, 1.82) is 0 Å². The minimum atomic E-state index is -1.77. The van der Waals surface area contributed by atoms with Gasteiger partial charge in [0, 0.05) is 12.7 Å². The topological polar surface area (TPSA) is 49.7 Å². The summed E-state index contributed by atoms with van der Waals surface area (Å²) in [6, 6.07) is 0. The number of allylic oxidation sites excluding steroid dienone is 1. The molecule has 0 aliphatic heterocycles. The molecule has 2 fully saturated rings. The van der Waals surface area contributed by atoms with Gasteiger partial charge in [0.05, 0.1) is 5.60 Å². The van der Waals surface area contributed by atoms with Crippen LogP contribution >= 0.6 is 0 Å². The Morgan fingerprint density at radius 3 is 2.34 bits per heavy atom. The van der Waals surface area contributed by atoms with Crippen LogP contribution in [0.5, 0.6) is 0 Å². The quantitative estimate of drug-likeness (QED) is 0.347. The second-order valence-corrected chi connectivity index (χ2v) is 16.9. The van der Waals surface area contributed by atoms with Gasteiger partial charge in [0.15, 0.2) is 8.32 Å². The highest BCUT2D eigenvalue weighted by atomic mass is 28.4. The molecule has 0 radical (unpaired) electrons. The van der Waals surface area contributed by atoms with E-state index in [-0.39, 0.29) is 17.1 Å². The Hall–Kier alpha value is -0.163. The second-order valence-electron chi connectivity index (χ2n) is 12.2. The summed E-state index contributed by atoms with van der Waals surface area (Å²) >= 11 is 0. The maximum Gasteiger partial charge on any atom is 0.192 e. The van der Waals surface area contributed by atoms with Crippen LogP contribution in [0.2, 0.25) is 18.1 Å². The Morgan fingerprint density at radius 2 is 1.79 bits per heavy atom. The molecular weight excluding hydrogens is 376 g/mol. The van der Waals surface area contributed by atoms with E-state index in [0.717, 1.165) is 19.3 Å². The molecule has 0 aromatic rings. The highest BCUT2D eigenvalue weighted by molar-refractivity contribution is 6.74. The molecule has 4 atom stereocenters. The van der Waals surface area contributed by atoms with E-state index in [1.54, 1.807) is 0 Å². The fourth-order valence-corrected chi connectivity index (χ4v) is 6.98. The van der Waals surface area contributed by atoms with Crippen LogP contribution in [0.4, 0.5) is 0 Å². The first-order valence-electron chi connectivity index (χ1n) is 11.9. The van der Waals surface area contributed by atoms with E-state index < -0.39 is 13.9 Å². The minimum absolute atomic E-state index is 0.218. The maximum absolute atomic E-state index is 10.1. The molecule has 2 aliphatic carbocycles. The largest absolute Gasteiger partial charge is 0.414 e. The molecule has 0 aromatic heterocycles. The van der Waals surface area contributed by atoms with Crippen LogP contribution in [0.1, 0.15) is 92.9 Å². The summed E-state index contributed by atoms with van der Waals surface area (Å²) in [5.74, 6) is 1.18. The van der Waals surface area contributed by atoms with E-state index in [4.69, 9.17) is 4.43 Å². The number of hydrogen-bond acceptors (Lipinski definition) is 3. The summed E-state index contributed by atoms with van der Waals surface area (Å²) in [6.45, 7) is 18.3. The first-order valence-corrected chi connectivity index (χ1v) is 14.8. The molecule has 4 heteroatoms. The molecule has 0 spiro atoms. The van der Waals surface area contributed by atoms with E-state index in [1.165, 1.54) is 37.7 Å². The second kappa shape index (κ2) is 9.14. The Kier molecular flexibility index (Phi) is 7.91. The Balaban J connectivity index is 2.20. The summed E-state index contributed by atoms with van der Waals surface area (Å²) < 4.78 is 6.97. The average Bonchev–Trinajstić information content (AvgIpc) is 2.89. The zero-order valence-electron chi connectivity index (χ0n) is 20.5. The molecule has 0 amide bonds. The molecule has 3 nitrogen and oxygen atoms in total. The lowest BCUT2D eigenvalue weighted by molar-refractivity contribution is -0.00421. The van der Waals surface area contributed by atoms with Gasteiger partial charge in [-0.25, -0.2) is 0 Å². The van der Waals surface area contributed by atoms with Crippen LogP contribution in [0, 0.1) is 17.3 Å². The Bertz CT molecular complexity index is 570. The van der Waals surface area contributed by atoms with E-state index in [1.807, 2.05) is 13.8 Å². The van der Waals surface area contributed by atoms with E-state index in [2.05, 4.69) is 46.9 Å². The highest BCUT2D eigenvalue weighted by Gasteiger charge is 2.54. The SMILES string of the molecule is CC(C)(O)CC/C=C(/CCO)C1CCC2[C@@H](O[Si](C)(C)C(C)(C)C)CCC[C@]12C. The van der Waals surface area contributed by atoms with Crippen molar-refractivity contribution in [2.75, 3.05) is 6.61 Å². The number of aliphatic hydroxyl groups is 2.